The molecule has 2 heterocycles. The first-order valence-corrected chi connectivity index (χ1v) is 11.2. The van der Waals surface area contributed by atoms with Crippen LogP contribution in [-0.2, 0) is 19.4 Å². The molecule has 0 spiro atoms. The molecule has 4 rings (SSSR count). The molecule has 0 saturated carbocycles. The molecule has 0 atom stereocenters. The van der Waals surface area contributed by atoms with Gasteiger partial charge in [-0.1, -0.05) is 25.6 Å². The Morgan fingerprint density at radius 3 is 2.89 bits per heavy atom. The largest absolute Gasteiger partial charge is 0.299 e. The minimum absolute atomic E-state index is 0.957. The van der Waals surface area contributed by atoms with E-state index in [1.165, 1.54) is 39.8 Å². The second kappa shape index (κ2) is 8.46. The van der Waals surface area contributed by atoms with Crippen LogP contribution in [0.4, 0.5) is 0 Å². The van der Waals surface area contributed by atoms with Crippen molar-refractivity contribution < 1.29 is 0 Å². The zero-order valence-corrected chi connectivity index (χ0v) is 17.8. The monoisotopic (exact) mass is 391 g/mol. The lowest BCUT2D eigenvalue weighted by molar-refractivity contribution is 0.269. The van der Waals surface area contributed by atoms with Crippen molar-refractivity contribution in [3.05, 3.63) is 75.7 Å². The van der Waals surface area contributed by atoms with E-state index in [0.29, 0.717) is 0 Å². The molecule has 1 aliphatic rings. The number of benzene rings is 1. The Kier molecular flexibility index (Phi) is 5.79. The highest BCUT2D eigenvalue weighted by Crippen LogP contribution is 2.34. The lowest BCUT2D eigenvalue weighted by atomic mass is 9.96. The predicted octanol–water partition coefficient (Wildman–Crippen LogP) is 5.66. The molecule has 0 aliphatic heterocycles. The Labute approximate surface area is 172 Å². The Hall–Kier alpha value is -2.17. The molecule has 4 heteroatoms. The summed E-state index contributed by atoms with van der Waals surface area (Å²) < 4.78 is 1.98. The van der Waals surface area contributed by atoms with Crippen molar-refractivity contribution in [1.29, 1.82) is 0 Å². The first kappa shape index (κ1) is 19.2. The van der Waals surface area contributed by atoms with E-state index in [1.807, 2.05) is 10.9 Å². The van der Waals surface area contributed by atoms with Gasteiger partial charge in [0, 0.05) is 30.2 Å². The Bertz CT molecular complexity index is 952. The van der Waals surface area contributed by atoms with E-state index in [1.54, 1.807) is 11.3 Å². The molecule has 3 aromatic rings. The van der Waals surface area contributed by atoms with E-state index in [-0.39, 0.29) is 0 Å². The molecule has 2 aromatic heterocycles. The van der Waals surface area contributed by atoms with E-state index in [9.17, 15) is 0 Å². The van der Waals surface area contributed by atoms with Crippen molar-refractivity contribution in [1.82, 2.24) is 14.7 Å². The molecule has 0 amide bonds. The number of nitrogens with zero attached hydrogens (tertiary/aromatic N) is 3. The lowest BCUT2D eigenvalue weighted by Crippen LogP contribution is -2.26. The minimum Gasteiger partial charge on any atom is -0.299 e. The second-order valence-electron chi connectivity index (χ2n) is 7.78. The summed E-state index contributed by atoms with van der Waals surface area (Å²) in [6.07, 6.45) is 8.72. The average molecular weight is 392 g/mol. The van der Waals surface area contributed by atoms with Crippen LogP contribution in [0.3, 0.4) is 0 Å². The van der Waals surface area contributed by atoms with Crippen LogP contribution in [0.25, 0.3) is 11.3 Å². The number of allylic oxidation sites excluding steroid dienone is 1. The summed E-state index contributed by atoms with van der Waals surface area (Å²) in [6.45, 7) is 11.9. The topological polar surface area (TPSA) is 21.1 Å². The summed E-state index contributed by atoms with van der Waals surface area (Å²) in [5, 5.41) is 8.76. The van der Waals surface area contributed by atoms with Crippen molar-refractivity contribution >= 4 is 16.9 Å². The van der Waals surface area contributed by atoms with Crippen molar-refractivity contribution in [3.8, 4) is 5.69 Å². The van der Waals surface area contributed by atoms with E-state index >= 15 is 0 Å². The fraction of sp³-hybridized carbons (Fsp3) is 0.375. The van der Waals surface area contributed by atoms with E-state index < -0.39 is 0 Å². The first-order chi connectivity index (χ1) is 13.7. The Morgan fingerprint density at radius 1 is 1.21 bits per heavy atom. The number of hydrogen-bond donors (Lipinski definition) is 0. The van der Waals surface area contributed by atoms with Crippen molar-refractivity contribution in [2.24, 2.45) is 0 Å². The summed E-state index contributed by atoms with van der Waals surface area (Å²) in [7, 11) is 0. The van der Waals surface area contributed by atoms with Crippen LogP contribution in [0.15, 0.2) is 47.9 Å². The van der Waals surface area contributed by atoms with Crippen molar-refractivity contribution in [3.63, 3.8) is 0 Å². The summed E-state index contributed by atoms with van der Waals surface area (Å²) in [5.41, 5.74) is 9.63. The van der Waals surface area contributed by atoms with Gasteiger partial charge < -0.3 is 0 Å². The summed E-state index contributed by atoms with van der Waals surface area (Å²) in [5.74, 6) is 0. The Morgan fingerprint density at radius 2 is 2.11 bits per heavy atom. The van der Waals surface area contributed by atoms with E-state index in [4.69, 9.17) is 0 Å². The van der Waals surface area contributed by atoms with Crippen LogP contribution in [0.2, 0.25) is 0 Å². The third kappa shape index (κ3) is 3.98. The molecule has 0 bridgehead atoms. The molecule has 0 saturated heterocycles. The highest BCUT2D eigenvalue weighted by Gasteiger charge is 2.18. The second-order valence-corrected chi connectivity index (χ2v) is 8.56. The van der Waals surface area contributed by atoms with Crippen LogP contribution in [-0.4, -0.2) is 27.8 Å². The fourth-order valence-corrected chi connectivity index (χ4v) is 4.86. The van der Waals surface area contributed by atoms with Gasteiger partial charge in [0.1, 0.15) is 0 Å². The SMILES string of the molecule is C=C1CCc2c1ccc(CCN(CCC)Cc1cnn(-c3ccsc3)c1)c2C. The van der Waals surface area contributed by atoms with Gasteiger partial charge in [0.25, 0.3) is 0 Å². The summed E-state index contributed by atoms with van der Waals surface area (Å²) in [6, 6.07) is 6.72. The highest BCUT2D eigenvalue weighted by molar-refractivity contribution is 7.08. The molecule has 28 heavy (non-hydrogen) atoms. The zero-order valence-electron chi connectivity index (χ0n) is 16.9. The summed E-state index contributed by atoms with van der Waals surface area (Å²) in [4.78, 5) is 2.56. The maximum Gasteiger partial charge on any atom is 0.0752 e. The lowest BCUT2D eigenvalue weighted by Gasteiger charge is -2.22. The minimum atomic E-state index is 0.957. The Balaban J connectivity index is 1.43. The van der Waals surface area contributed by atoms with Crippen LogP contribution in [0.5, 0.6) is 0 Å². The molecule has 0 radical (unpaired) electrons. The zero-order chi connectivity index (χ0) is 19.5. The van der Waals surface area contributed by atoms with Gasteiger partial charge in [-0.25, -0.2) is 4.68 Å². The molecular formula is C24H29N3S. The predicted molar refractivity (Wildman–Crippen MR) is 119 cm³/mol. The maximum absolute atomic E-state index is 4.54. The van der Waals surface area contributed by atoms with Gasteiger partial charge in [-0.05, 0) is 78.4 Å². The van der Waals surface area contributed by atoms with Gasteiger partial charge in [0.15, 0.2) is 0 Å². The molecule has 1 aromatic carbocycles. The molecule has 0 N–H and O–H groups in total. The highest BCUT2D eigenvalue weighted by atomic mass is 32.1. The molecular weight excluding hydrogens is 362 g/mol. The molecule has 3 nitrogen and oxygen atoms in total. The van der Waals surface area contributed by atoms with Gasteiger partial charge in [-0.3, -0.25) is 4.90 Å². The van der Waals surface area contributed by atoms with Crippen LogP contribution >= 0.6 is 11.3 Å². The number of hydrogen-bond acceptors (Lipinski definition) is 3. The van der Waals surface area contributed by atoms with E-state index in [0.717, 1.165) is 44.6 Å². The third-order valence-electron chi connectivity index (χ3n) is 5.82. The number of aromatic nitrogens is 2. The molecule has 146 valence electrons. The van der Waals surface area contributed by atoms with Crippen molar-refractivity contribution in [2.75, 3.05) is 13.1 Å². The molecule has 0 unspecified atom stereocenters. The van der Waals surface area contributed by atoms with Crippen LogP contribution < -0.4 is 0 Å². The van der Waals surface area contributed by atoms with Gasteiger partial charge in [-0.15, -0.1) is 0 Å². The van der Waals surface area contributed by atoms with E-state index in [2.05, 4.69) is 65.6 Å². The standard InChI is InChI=1S/C24H29N3S/c1-4-11-26(15-20-14-25-27(16-20)22-10-13-28-17-22)12-9-21-6-8-23-18(2)5-7-24(23)19(21)3/h6,8,10,13-14,16-17H,2,4-5,7,9,11-12,15H2,1,3H3. The number of thiophene rings is 1. The van der Waals surface area contributed by atoms with Crippen molar-refractivity contribution in [2.45, 2.75) is 46.1 Å². The quantitative estimate of drug-likeness (QED) is 0.494. The smallest absolute Gasteiger partial charge is 0.0752 e. The van der Waals surface area contributed by atoms with Gasteiger partial charge in [0.05, 0.1) is 11.9 Å². The van der Waals surface area contributed by atoms with Crippen LogP contribution in [0.1, 0.15) is 47.6 Å². The average Bonchev–Trinajstić information content (AvgIpc) is 3.42. The van der Waals surface area contributed by atoms with Gasteiger partial charge in [-0.2, -0.15) is 16.4 Å². The number of rotatable bonds is 8. The van der Waals surface area contributed by atoms with Gasteiger partial charge >= 0.3 is 0 Å². The summed E-state index contributed by atoms with van der Waals surface area (Å²) >= 11 is 1.70. The number of fused-ring (bicyclic) bond motifs is 1. The maximum atomic E-state index is 4.54. The fourth-order valence-electron chi connectivity index (χ4n) is 4.23. The normalized spacial score (nSPS) is 13.5. The van der Waals surface area contributed by atoms with Gasteiger partial charge in [0.2, 0.25) is 0 Å². The first-order valence-electron chi connectivity index (χ1n) is 10.2. The molecule has 0 fully saturated rings. The molecule has 1 aliphatic carbocycles. The van der Waals surface area contributed by atoms with Crippen LogP contribution in [0, 0.1) is 6.92 Å². The third-order valence-corrected chi connectivity index (χ3v) is 6.49.